The number of aliphatic hydroxyl groups excluding tert-OH is 1. The maximum atomic E-state index is 13.7. The van der Waals surface area contributed by atoms with E-state index in [4.69, 9.17) is 0 Å². The van der Waals surface area contributed by atoms with Gasteiger partial charge in [0.15, 0.2) is 0 Å². The predicted molar refractivity (Wildman–Crippen MR) is 146 cm³/mol. The highest BCUT2D eigenvalue weighted by Gasteiger charge is 2.45. The molecule has 3 rings (SSSR count). The summed E-state index contributed by atoms with van der Waals surface area (Å²) in [5.74, 6) is -1.13. The van der Waals surface area contributed by atoms with Crippen LogP contribution in [0.15, 0.2) is 29.8 Å². The molecule has 1 aromatic carbocycles. The van der Waals surface area contributed by atoms with E-state index in [0.717, 1.165) is 16.9 Å². The molecule has 2 heterocycles. The summed E-state index contributed by atoms with van der Waals surface area (Å²) in [6, 6.07) is 4.67. The first-order valence-corrected chi connectivity index (χ1v) is 13.8. The fourth-order valence-electron chi connectivity index (χ4n) is 4.41. The van der Waals surface area contributed by atoms with Crippen molar-refractivity contribution < 1.29 is 28.3 Å². The number of aliphatic hydroxyl groups is 1. The highest BCUT2D eigenvalue weighted by atomic mass is 32.1. The van der Waals surface area contributed by atoms with Crippen LogP contribution >= 0.6 is 11.3 Å². The highest BCUT2D eigenvalue weighted by molar-refractivity contribution is 7.13. The number of hydrogen-bond donors (Lipinski definition) is 3. The van der Waals surface area contributed by atoms with Crippen LogP contribution in [0.4, 0.5) is 8.78 Å². The highest BCUT2D eigenvalue weighted by Crippen LogP contribution is 2.34. The number of β-amino-alcohol motifs (C(OH)–C–C–N with tert-alkyl or cyclic N) is 1. The average Bonchev–Trinajstić information content (AvgIpc) is 3.48. The molecule has 1 aliphatic heterocycles. The van der Waals surface area contributed by atoms with Crippen molar-refractivity contribution in [3.63, 3.8) is 0 Å². The quantitative estimate of drug-likeness (QED) is 0.460. The van der Waals surface area contributed by atoms with Crippen LogP contribution < -0.4 is 10.6 Å². The maximum Gasteiger partial charge on any atom is 0.281 e. The van der Waals surface area contributed by atoms with Crippen molar-refractivity contribution in [3.8, 4) is 10.4 Å². The lowest BCUT2D eigenvalue weighted by Gasteiger charge is -2.36. The minimum Gasteiger partial charge on any atom is -0.391 e. The summed E-state index contributed by atoms with van der Waals surface area (Å²) >= 11 is 1.14. The lowest BCUT2D eigenvalue weighted by atomic mass is 9.84. The van der Waals surface area contributed by atoms with E-state index in [9.17, 15) is 28.3 Å². The number of halogens is 2. The van der Waals surface area contributed by atoms with E-state index in [1.807, 2.05) is 20.8 Å². The number of likely N-dealkylation sites (tertiary alicyclic amines) is 1. The van der Waals surface area contributed by atoms with Crippen molar-refractivity contribution >= 4 is 29.1 Å². The number of rotatable bonds is 7. The largest absolute Gasteiger partial charge is 0.391 e. The van der Waals surface area contributed by atoms with Gasteiger partial charge in [0.1, 0.15) is 17.8 Å². The molecule has 0 saturated carbocycles. The Labute approximate surface area is 232 Å². The van der Waals surface area contributed by atoms with Gasteiger partial charge in [-0.25, -0.2) is 13.8 Å². The van der Waals surface area contributed by atoms with Gasteiger partial charge in [-0.2, -0.15) is 0 Å². The average molecular weight is 565 g/mol. The fourth-order valence-corrected chi connectivity index (χ4v) is 5.22. The summed E-state index contributed by atoms with van der Waals surface area (Å²) in [6.07, 6.45) is -3.47. The zero-order chi connectivity index (χ0) is 29.3. The van der Waals surface area contributed by atoms with Gasteiger partial charge in [0.25, 0.3) is 6.43 Å². The number of alkyl halides is 2. The Balaban J connectivity index is 1.75. The molecule has 0 bridgehead atoms. The number of thiazole rings is 1. The zero-order valence-electron chi connectivity index (χ0n) is 23.4. The second-order valence-electron chi connectivity index (χ2n) is 12.1. The van der Waals surface area contributed by atoms with Gasteiger partial charge in [0, 0.05) is 18.4 Å². The second-order valence-corrected chi connectivity index (χ2v) is 13.0. The lowest BCUT2D eigenvalue weighted by Crippen LogP contribution is -2.59. The first-order valence-electron chi connectivity index (χ1n) is 12.9. The smallest absolute Gasteiger partial charge is 0.281 e. The predicted octanol–water partition coefficient (Wildman–Crippen LogP) is 4.46. The molecule has 1 aromatic heterocycles. The minimum atomic E-state index is -2.67. The van der Waals surface area contributed by atoms with Crippen LogP contribution in [-0.4, -0.2) is 57.4 Å². The lowest BCUT2D eigenvalue weighted by molar-refractivity contribution is -0.145. The minimum absolute atomic E-state index is 0.0146. The summed E-state index contributed by atoms with van der Waals surface area (Å²) in [4.78, 5) is 45.2. The van der Waals surface area contributed by atoms with E-state index in [1.54, 1.807) is 52.0 Å². The normalized spacial score (nSPS) is 19.6. The molecule has 8 nitrogen and oxygen atoms in total. The molecule has 1 fully saturated rings. The van der Waals surface area contributed by atoms with E-state index in [-0.39, 0.29) is 24.6 Å². The van der Waals surface area contributed by atoms with Crippen LogP contribution in [0.3, 0.4) is 0 Å². The Morgan fingerprint density at radius 1 is 1.08 bits per heavy atom. The SMILES string of the molecule is C[C@@H](NC(=O)[C@H]1C[C@H](O)CN1C(=O)[C@H](NC(=O)C(C)(C)C)C(C)(C)C)c1ccc(-c2scnc2C(F)F)cc1. The molecule has 0 spiro atoms. The molecule has 2 aromatic rings. The van der Waals surface area contributed by atoms with Gasteiger partial charge in [-0.15, -0.1) is 11.3 Å². The van der Waals surface area contributed by atoms with Crippen molar-refractivity contribution in [2.24, 2.45) is 10.8 Å². The van der Waals surface area contributed by atoms with E-state index in [1.165, 1.54) is 10.4 Å². The summed E-state index contributed by atoms with van der Waals surface area (Å²) in [7, 11) is 0. The number of carbonyl (C=O) groups excluding carboxylic acids is 3. The third-order valence-corrected chi connectivity index (χ3v) is 7.66. The number of aromatic nitrogens is 1. The Morgan fingerprint density at radius 3 is 2.23 bits per heavy atom. The molecule has 0 aliphatic carbocycles. The van der Waals surface area contributed by atoms with Crippen molar-refractivity contribution in [2.75, 3.05) is 6.54 Å². The van der Waals surface area contributed by atoms with Crippen LogP contribution in [0.25, 0.3) is 10.4 Å². The number of nitrogens with zero attached hydrogens (tertiary/aromatic N) is 2. The van der Waals surface area contributed by atoms with Gasteiger partial charge in [0.05, 0.1) is 22.5 Å². The standard InChI is InChI=1S/C28H38F2N4O4S/c1-15(16-8-10-17(11-9-16)21-20(23(29)30)31-14-39-21)32-24(36)19-12-18(35)13-34(19)25(37)22(27(2,3)4)33-26(38)28(5,6)7/h8-11,14-15,18-19,22-23,35H,12-13H2,1-7H3,(H,32,36)(H,33,38)/t15-,18+,19-,22+/m1/s1. The first-order chi connectivity index (χ1) is 18.0. The summed E-state index contributed by atoms with van der Waals surface area (Å²) in [5.41, 5.74) is 1.13. The van der Waals surface area contributed by atoms with E-state index >= 15 is 0 Å². The van der Waals surface area contributed by atoms with Crippen molar-refractivity contribution in [2.45, 2.75) is 85.5 Å². The molecular weight excluding hydrogens is 526 g/mol. The molecule has 39 heavy (non-hydrogen) atoms. The Kier molecular flexibility index (Phi) is 9.16. The topological polar surface area (TPSA) is 112 Å². The molecule has 3 amide bonds. The third kappa shape index (κ3) is 7.19. The van der Waals surface area contributed by atoms with Crippen molar-refractivity contribution in [1.29, 1.82) is 0 Å². The second kappa shape index (κ2) is 11.7. The molecule has 0 radical (unpaired) electrons. The molecule has 3 N–H and O–H groups in total. The van der Waals surface area contributed by atoms with E-state index in [2.05, 4.69) is 15.6 Å². The van der Waals surface area contributed by atoms with Crippen LogP contribution in [0.2, 0.25) is 0 Å². The molecule has 4 atom stereocenters. The Hall–Kier alpha value is -2.92. The van der Waals surface area contributed by atoms with Crippen LogP contribution in [-0.2, 0) is 14.4 Å². The zero-order valence-corrected chi connectivity index (χ0v) is 24.2. The van der Waals surface area contributed by atoms with Gasteiger partial charge >= 0.3 is 0 Å². The number of nitrogens with one attached hydrogen (secondary N) is 2. The number of hydrogen-bond acceptors (Lipinski definition) is 6. The maximum absolute atomic E-state index is 13.7. The summed E-state index contributed by atoms with van der Waals surface area (Å²) < 4.78 is 26.4. The summed E-state index contributed by atoms with van der Waals surface area (Å²) in [6.45, 7) is 12.5. The van der Waals surface area contributed by atoms with Crippen LogP contribution in [0.1, 0.15) is 78.6 Å². The Bertz CT molecular complexity index is 1190. The Morgan fingerprint density at radius 2 is 1.69 bits per heavy atom. The molecule has 0 unspecified atom stereocenters. The number of carbonyl (C=O) groups is 3. The van der Waals surface area contributed by atoms with E-state index in [0.29, 0.717) is 10.4 Å². The van der Waals surface area contributed by atoms with Crippen LogP contribution in [0.5, 0.6) is 0 Å². The van der Waals surface area contributed by atoms with Crippen molar-refractivity contribution in [1.82, 2.24) is 20.5 Å². The number of benzene rings is 1. The molecule has 214 valence electrons. The molecule has 1 saturated heterocycles. The van der Waals surface area contributed by atoms with Gasteiger partial charge < -0.3 is 20.6 Å². The van der Waals surface area contributed by atoms with E-state index < -0.39 is 53.3 Å². The van der Waals surface area contributed by atoms with Gasteiger partial charge in [-0.1, -0.05) is 65.8 Å². The first kappa shape index (κ1) is 30.6. The fraction of sp³-hybridized carbons (Fsp3) is 0.571. The molecule has 1 aliphatic rings. The van der Waals surface area contributed by atoms with Gasteiger partial charge in [0.2, 0.25) is 17.7 Å². The van der Waals surface area contributed by atoms with Gasteiger partial charge in [-0.05, 0) is 23.5 Å². The third-order valence-electron chi connectivity index (χ3n) is 6.77. The molecule has 11 heteroatoms. The number of amides is 3. The van der Waals surface area contributed by atoms with Crippen molar-refractivity contribution in [3.05, 3.63) is 41.0 Å². The van der Waals surface area contributed by atoms with Gasteiger partial charge in [-0.3, -0.25) is 14.4 Å². The monoisotopic (exact) mass is 564 g/mol. The molecular formula is C28H38F2N4O4S. The summed E-state index contributed by atoms with van der Waals surface area (Å²) in [5, 5.41) is 16.1. The van der Waals surface area contributed by atoms with Crippen LogP contribution in [0, 0.1) is 10.8 Å².